The molecule has 29 heavy (non-hydrogen) atoms. The number of fused-ring (bicyclic) bond motifs is 1. The van der Waals surface area contributed by atoms with Crippen LogP contribution in [0.3, 0.4) is 0 Å². The summed E-state index contributed by atoms with van der Waals surface area (Å²) in [6.07, 6.45) is 3.74. The lowest BCUT2D eigenvalue weighted by atomic mass is 9.88. The Bertz CT molecular complexity index is 1240. The van der Waals surface area contributed by atoms with E-state index in [9.17, 15) is 9.90 Å². The number of aryl methyl sites for hydroxylation is 1. The van der Waals surface area contributed by atoms with Crippen LogP contribution >= 0.6 is 22.6 Å². The molecule has 5 rings (SSSR count). The predicted molar refractivity (Wildman–Crippen MR) is 114 cm³/mol. The van der Waals surface area contributed by atoms with E-state index < -0.39 is 23.9 Å². The molecule has 3 heterocycles. The number of aliphatic hydroxyl groups is 1. The number of aromatic nitrogens is 4. The van der Waals surface area contributed by atoms with Gasteiger partial charge in [0.15, 0.2) is 6.10 Å². The topological polar surface area (TPSA) is 87.0 Å². The molecule has 0 spiro atoms. The fourth-order valence-corrected chi connectivity index (χ4v) is 4.64. The van der Waals surface area contributed by atoms with Gasteiger partial charge < -0.3 is 10.1 Å². The molecule has 7 nitrogen and oxygen atoms in total. The lowest BCUT2D eigenvalue weighted by Gasteiger charge is -2.45. The Morgan fingerprint density at radius 2 is 2.07 bits per heavy atom. The van der Waals surface area contributed by atoms with Crippen molar-refractivity contribution in [3.05, 3.63) is 64.0 Å². The van der Waals surface area contributed by atoms with E-state index in [1.165, 1.54) is 11.0 Å². The highest BCUT2D eigenvalue weighted by atomic mass is 127. The Balaban J connectivity index is 1.57. The number of β-lactam (4-membered cyclic amide) rings is 1. The van der Waals surface area contributed by atoms with Crippen molar-refractivity contribution < 1.29 is 14.3 Å². The number of anilines is 1. The molecule has 2 N–H and O–H groups in total. The maximum absolute atomic E-state index is 15.2. The number of nitrogens with zero attached hydrogens (tertiary/aromatic N) is 4. The number of hydrogen-bond acceptors (Lipinski definition) is 4. The molecule has 9 heteroatoms. The minimum Gasteiger partial charge on any atom is -0.381 e. The van der Waals surface area contributed by atoms with Crippen molar-refractivity contribution in [1.82, 2.24) is 19.7 Å². The third-order valence-electron chi connectivity index (χ3n) is 5.16. The maximum atomic E-state index is 15.2. The van der Waals surface area contributed by atoms with E-state index in [2.05, 4.69) is 15.1 Å². The van der Waals surface area contributed by atoms with Crippen LogP contribution in [0.5, 0.6) is 0 Å². The van der Waals surface area contributed by atoms with Crippen molar-refractivity contribution in [2.45, 2.75) is 12.1 Å². The molecular weight excluding hydrogens is 488 g/mol. The molecule has 2 aromatic heterocycles. The van der Waals surface area contributed by atoms with Crippen molar-refractivity contribution in [3.63, 3.8) is 0 Å². The monoisotopic (exact) mass is 503 g/mol. The molecule has 1 fully saturated rings. The summed E-state index contributed by atoms with van der Waals surface area (Å²) in [5.74, 6) is -0.930. The number of aliphatic hydroxyl groups excluding tert-OH is 1. The van der Waals surface area contributed by atoms with Crippen LogP contribution in [-0.2, 0) is 11.8 Å². The van der Waals surface area contributed by atoms with Crippen LogP contribution in [0, 0.1) is 9.39 Å². The highest BCUT2D eigenvalue weighted by Crippen LogP contribution is 2.43. The van der Waals surface area contributed by atoms with Crippen molar-refractivity contribution in [1.29, 1.82) is 0 Å². The number of halogens is 2. The molecule has 146 valence electrons. The second kappa shape index (κ2) is 6.63. The van der Waals surface area contributed by atoms with Crippen molar-refractivity contribution in [2.24, 2.45) is 7.05 Å². The molecule has 1 aliphatic rings. The van der Waals surface area contributed by atoms with Gasteiger partial charge in [-0.15, -0.1) is 0 Å². The van der Waals surface area contributed by atoms with Crippen molar-refractivity contribution >= 4 is 45.2 Å². The molecule has 0 aliphatic carbocycles. The second-order valence-electron chi connectivity index (χ2n) is 6.96. The van der Waals surface area contributed by atoms with E-state index in [1.807, 2.05) is 28.7 Å². The van der Waals surface area contributed by atoms with Crippen LogP contribution in [0.1, 0.15) is 11.6 Å². The number of rotatable bonds is 3. The first-order chi connectivity index (χ1) is 13.9. The number of nitrogens with one attached hydrogen (secondary N) is 1. The fraction of sp³-hybridized carbons (Fsp3) is 0.150. The average molecular weight is 503 g/mol. The molecule has 1 amide bonds. The lowest BCUT2D eigenvalue weighted by Crippen LogP contribution is -2.59. The van der Waals surface area contributed by atoms with Crippen LogP contribution in [0.4, 0.5) is 10.1 Å². The summed E-state index contributed by atoms with van der Waals surface area (Å²) in [5, 5.41) is 14.5. The van der Waals surface area contributed by atoms with Crippen LogP contribution in [0.25, 0.3) is 22.2 Å². The minimum atomic E-state index is -1.29. The highest BCUT2D eigenvalue weighted by molar-refractivity contribution is 14.1. The molecule has 0 radical (unpaired) electrons. The van der Waals surface area contributed by atoms with Gasteiger partial charge in [-0.25, -0.2) is 9.37 Å². The third-order valence-corrected chi connectivity index (χ3v) is 6.06. The number of amides is 1. The van der Waals surface area contributed by atoms with Gasteiger partial charge in [-0.3, -0.25) is 14.4 Å². The molecule has 1 saturated heterocycles. The Hall–Kier alpha value is -2.79. The zero-order chi connectivity index (χ0) is 20.3. The molecule has 0 saturated carbocycles. The molecular formula is C20H15FIN5O2. The number of imidazole rings is 1. The maximum Gasteiger partial charge on any atom is 0.259 e. The van der Waals surface area contributed by atoms with Crippen LogP contribution in [0.15, 0.2) is 49.1 Å². The molecule has 0 unspecified atom stereocenters. The second-order valence-corrected chi connectivity index (χ2v) is 8.12. The van der Waals surface area contributed by atoms with Crippen LogP contribution in [0.2, 0.25) is 0 Å². The summed E-state index contributed by atoms with van der Waals surface area (Å²) in [7, 11) is 1.80. The van der Waals surface area contributed by atoms with Crippen LogP contribution < -0.4 is 4.90 Å². The molecule has 0 bridgehead atoms. The smallest absolute Gasteiger partial charge is 0.259 e. The summed E-state index contributed by atoms with van der Waals surface area (Å²) in [4.78, 5) is 21.0. The van der Waals surface area contributed by atoms with E-state index in [1.54, 1.807) is 48.6 Å². The average Bonchev–Trinajstić information content (AvgIpc) is 3.34. The Labute approximate surface area is 178 Å². The Morgan fingerprint density at radius 1 is 1.24 bits per heavy atom. The summed E-state index contributed by atoms with van der Waals surface area (Å²) >= 11 is 2.04. The Kier molecular flexibility index (Phi) is 4.17. The number of H-pyrrole nitrogens is 1. The first kappa shape index (κ1) is 18.3. The summed E-state index contributed by atoms with van der Waals surface area (Å²) in [5.41, 5.74) is 3.89. The predicted octanol–water partition coefficient (Wildman–Crippen LogP) is 3.16. The molecule has 4 aromatic rings. The number of benzene rings is 2. The first-order valence-corrected chi connectivity index (χ1v) is 9.94. The van der Waals surface area contributed by atoms with Crippen molar-refractivity contribution in [3.8, 4) is 11.1 Å². The first-order valence-electron chi connectivity index (χ1n) is 8.86. The number of aromatic amines is 1. The van der Waals surface area contributed by atoms with Crippen LogP contribution in [-0.4, -0.2) is 36.9 Å². The minimum absolute atomic E-state index is 0.301. The van der Waals surface area contributed by atoms with Gasteiger partial charge in [0.05, 0.1) is 23.6 Å². The molecule has 1 aliphatic heterocycles. The van der Waals surface area contributed by atoms with Gasteiger partial charge in [0.2, 0.25) is 0 Å². The number of hydrogen-bond donors (Lipinski definition) is 2. The largest absolute Gasteiger partial charge is 0.381 e. The highest BCUT2D eigenvalue weighted by Gasteiger charge is 2.50. The standard InChI is InChI=1S/C20H15FIN5O2/c1-26-8-11(7-25-26)10-4-13(21)17(14(22)5-10)18-19(28)20(29)27(18)12-2-3-15-16(6-12)24-9-23-15/h2-9,18-19,28H,1H3,(H,23,24)/t18-,19+/m1/s1. The Morgan fingerprint density at radius 3 is 2.79 bits per heavy atom. The van der Waals surface area contributed by atoms with Crippen molar-refractivity contribution in [2.75, 3.05) is 4.90 Å². The summed E-state index contributed by atoms with van der Waals surface area (Å²) in [6.45, 7) is 0. The summed E-state index contributed by atoms with van der Waals surface area (Å²) < 4.78 is 17.4. The van der Waals surface area contributed by atoms with Gasteiger partial charge in [-0.05, 0) is 58.5 Å². The quantitative estimate of drug-likeness (QED) is 0.332. The van der Waals surface area contributed by atoms with E-state index in [0.29, 0.717) is 20.4 Å². The van der Waals surface area contributed by atoms with E-state index in [0.717, 1.165) is 16.6 Å². The van der Waals surface area contributed by atoms with Gasteiger partial charge in [0, 0.05) is 33.6 Å². The SMILES string of the molecule is Cn1cc(-c2cc(F)c([C@@H]3[C@H](O)C(=O)N3c3ccc4nc[nH]c4c3)c(I)c2)cn1. The number of carbonyl (C=O) groups is 1. The fourth-order valence-electron chi connectivity index (χ4n) is 3.73. The molecule has 2 atom stereocenters. The normalized spacial score (nSPS) is 19.0. The van der Waals surface area contributed by atoms with Gasteiger partial charge in [0.25, 0.3) is 5.91 Å². The van der Waals surface area contributed by atoms with E-state index in [4.69, 9.17) is 0 Å². The third kappa shape index (κ3) is 2.84. The number of carbonyl (C=O) groups excluding carboxylic acids is 1. The lowest BCUT2D eigenvalue weighted by molar-refractivity contribution is -0.137. The zero-order valence-electron chi connectivity index (χ0n) is 15.2. The van der Waals surface area contributed by atoms with Gasteiger partial charge >= 0.3 is 0 Å². The van der Waals surface area contributed by atoms with Gasteiger partial charge in [-0.1, -0.05) is 0 Å². The van der Waals surface area contributed by atoms with Gasteiger partial charge in [0.1, 0.15) is 11.9 Å². The van der Waals surface area contributed by atoms with E-state index >= 15 is 4.39 Å². The van der Waals surface area contributed by atoms with E-state index in [-0.39, 0.29) is 0 Å². The zero-order valence-corrected chi connectivity index (χ0v) is 17.3. The molecule has 2 aromatic carbocycles. The summed E-state index contributed by atoms with van der Waals surface area (Å²) in [6, 6.07) is 7.76. The van der Waals surface area contributed by atoms with Gasteiger partial charge in [-0.2, -0.15) is 5.10 Å².